The van der Waals surface area contributed by atoms with Gasteiger partial charge in [-0.05, 0) is 43.4 Å². The number of likely N-dealkylation sites (N-methyl/N-ethyl adjacent to an activating group) is 1. The van der Waals surface area contributed by atoms with E-state index in [1.165, 1.54) is 6.07 Å². The Morgan fingerprint density at radius 3 is 2.81 bits per heavy atom. The third-order valence-electron chi connectivity index (χ3n) is 3.67. The monoisotopic (exact) mass is 388 g/mol. The second-order valence-corrected chi connectivity index (χ2v) is 6.09. The standard InChI is InChI=1S/C18H17FN4O3S/c1-2-20-15(24)9-26-12-5-3-4-11(8-12)21-17(25)13-6-10(19)7-14-16(13)23-18(27)22-14/h3-8H,2,9H2,1H3,(H,20,24)(H,21,25)(H2,22,23,27). The quantitative estimate of drug-likeness (QED) is 0.488. The number of H-pyrrole nitrogens is 2. The summed E-state index contributed by atoms with van der Waals surface area (Å²) in [5.74, 6) is -0.885. The Kier molecular flexibility index (Phi) is 5.51. The van der Waals surface area contributed by atoms with Gasteiger partial charge < -0.3 is 25.3 Å². The molecular weight excluding hydrogens is 371 g/mol. The van der Waals surface area contributed by atoms with Gasteiger partial charge >= 0.3 is 0 Å². The number of anilines is 1. The Balaban J connectivity index is 1.78. The van der Waals surface area contributed by atoms with Crippen LogP contribution in [0, 0.1) is 10.6 Å². The lowest BCUT2D eigenvalue weighted by molar-refractivity contribution is -0.122. The van der Waals surface area contributed by atoms with Crippen LogP contribution in [-0.4, -0.2) is 34.9 Å². The number of aromatic nitrogens is 2. The van der Waals surface area contributed by atoms with E-state index in [1.807, 2.05) is 6.92 Å². The molecular formula is C18H17FN4O3S. The van der Waals surface area contributed by atoms with Crippen LogP contribution in [0.15, 0.2) is 36.4 Å². The molecule has 4 N–H and O–H groups in total. The molecule has 9 heteroatoms. The SMILES string of the molecule is CCNC(=O)COc1cccc(NC(=O)c2cc(F)cc3[nH]c(=S)[nH]c23)c1. The fourth-order valence-electron chi connectivity index (χ4n) is 2.55. The minimum absolute atomic E-state index is 0.117. The van der Waals surface area contributed by atoms with Crippen molar-refractivity contribution in [1.82, 2.24) is 15.3 Å². The molecule has 0 radical (unpaired) electrons. The Bertz CT molecular complexity index is 1060. The van der Waals surface area contributed by atoms with Gasteiger partial charge in [0, 0.05) is 18.3 Å². The zero-order valence-corrected chi connectivity index (χ0v) is 15.2. The molecule has 0 aliphatic rings. The lowest BCUT2D eigenvalue weighted by Crippen LogP contribution is -2.28. The molecule has 0 spiro atoms. The van der Waals surface area contributed by atoms with Gasteiger partial charge in [-0.1, -0.05) is 6.07 Å². The van der Waals surface area contributed by atoms with Crippen LogP contribution in [0.3, 0.4) is 0 Å². The minimum atomic E-state index is -0.558. The maximum Gasteiger partial charge on any atom is 0.257 e. The first kappa shape index (κ1) is 18.6. The zero-order chi connectivity index (χ0) is 19.4. The fraction of sp³-hybridized carbons (Fsp3) is 0.167. The molecule has 1 aromatic heterocycles. The number of halogens is 1. The molecule has 0 saturated carbocycles. The van der Waals surface area contributed by atoms with E-state index in [-0.39, 0.29) is 18.1 Å². The van der Waals surface area contributed by atoms with Crippen molar-refractivity contribution in [3.8, 4) is 5.75 Å². The molecule has 3 rings (SSSR count). The van der Waals surface area contributed by atoms with Gasteiger partial charge in [0.2, 0.25) is 0 Å². The number of nitrogens with one attached hydrogen (secondary N) is 4. The third kappa shape index (κ3) is 4.50. The summed E-state index contributed by atoms with van der Waals surface area (Å²) >= 11 is 5.00. The molecule has 0 saturated heterocycles. The van der Waals surface area contributed by atoms with Gasteiger partial charge in [0.05, 0.1) is 16.6 Å². The number of fused-ring (bicyclic) bond motifs is 1. The summed E-state index contributed by atoms with van der Waals surface area (Å²) in [6, 6.07) is 8.96. The van der Waals surface area contributed by atoms with E-state index in [4.69, 9.17) is 17.0 Å². The van der Waals surface area contributed by atoms with Crippen molar-refractivity contribution >= 4 is 40.8 Å². The van der Waals surface area contributed by atoms with E-state index in [1.54, 1.807) is 24.3 Å². The number of rotatable bonds is 6. The number of imidazole rings is 1. The number of aromatic amines is 2. The maximum atomic E-state index is 13.8. The van der Waals surface area contributed by atoms with Crippen molar-refractivity contribution < 1.29 is 18.7 Å². The van der Waals surface area contributed by atoms with Crippen molar-refractivity contribution in [1.29, 1.82) is 0 Å². The topological polar surface area (TPSA) is 99.0 Å². The van der Waals surface area contributed by atoms with E-state index in [9.17, 15) is 14.0 Å². The molecule has 0 atom stereocenters. The summed E-state index contributed by atoms with van der Waals surface area (Å²) in [4.78, 5) is 29.7. The average Bonchev–Trinajstić information content (AvgIpc) is 2.99. The van der Waals surface area contributed by atoms with Gasteiger partial charge in [-0.2, -0.15) is 0 Å². The molecule has 3 aromatic rings. The highest BCUT2D eigenvalue weighted by molar-refractivity contribution is 7.71. The Hall–Kier alpha value is -3.20. The van der Waals surface area contributed by atoms with Gasteiger partial charge in [-0.15, -0.1) is 0 Å². The molecule has 0 bridgehead atoms. The van der Waals surface area contributed by atoms with E-state index in [0.29, 0.717) is 33.8 Å². The number of amides is 2. The molecule has 27 heavy (non-hydrogen) atoms. The van der Waals surface area contributed by atoms with Crippen LogP contribution < -0.4 is 15.4 Å². The first-order valence-corrected chi connectivity index (χ1v) is 8.59. The first-order valence-electron chi connectivity index (χ1n) is 8.18. The van der Waals surface area contributed by atoms with Crippen molar-refractivity contribution in [3.05, 3.63) is 52.5 Å². The van der Waals surface area contributed by atoms with E-state index >= 15 is 0 Å². The van der Waals surface area contributed by atoms with Crippen LogP contribution >= 0.6 is 12.2 Å². The number of carbonyl (C=O) groups excluding carboxylic acids is 2. The van der Waals surface area contributed by atoms with Crippen molar-refractivity contribution in [2.75, 3.05) is 18.5 Å². The molecule has 140 valence electrons. The van der Waals surface area contributed by atoms with Crippen LogP contribution in [0.25, 0.3) is 11.0 Å². The summed E-state index contributed by atoms with van der Waals surface area (Å²) in [5.41, 5.74) is 1.39. The third-order valence-corrected chi connectivity index (χ3v) is 3.87. The summed E-state index contributed by atoms with van der Waals surface area (Å²) < 4.78 is 19.5. The molecule has 0 unspecified atom stereocenters. The van der Waals surface area contributed by atoms with Crippen molar-refractivity contribution in [2.45, 2.75) is 6.92 Å². The van der Waals surface area contributed by atoms with Crippen LogP contribution in [0.1, 0.15) is 17.3 Å². The maximum absolute atomic E-state index is 13.8. The zero-order valence-electron chi connectivity index (χ0n) is 14.4. The van der Waals surface area contributed by atoms with Crippen molar-refractivity contribution in [3.63, 3.8) is 0 Å². The Labute approximate surface area is 158 Å². The second kappa shape index (κ2) is 8.00. The van der Waals surface area contributed by atoms with E-state index < -0.39 is 11.7 Å². The number of hydrogen-bond acceptors (Lipinski definition) is 4. The summed E-state index contributed by atoms with van der Waals surface area (Å²) in [6.07, 6.45) is 0. The van der Waals surface area contributed by atoms with Gasteiger partial charge in [-0.25, -0.2) is 4.39 Å². The summed E-state index contributed by atoms with van der Waals surface area (Å²) in [6.45, 7) is 2.20. The summed E-state index contributed by atoms with van der Waals surface area (Å²) in [5, 5.41) is 5.31. The number of ether oxygens (including phenoxy) is 1. The molecule has 2 amide bonds. The fourth-order valence-corrected chi connectivity index (χ4v) is 2.76. The minimum Gasteiger partial charge on any atom is -0.484 e. The molecule has 1 heterocycles. The largest absolute Gasteiger partial charge is 0.484 e. The van der Waals surface area contributed by atoms with Crippen LogP contribution in [0.5, 0.6) is 5.75 Å². The van der Waals surface area contributed by atoms with Crippen LogP contribution in [0.4, 0.5) is 10.1 Å². The lowest BCUT2D eigenvalue weighted by Gasteiger charge is -2.10. The highest BCUT2D eigenvalue weighted by Gasteiger charge is 2.14. The molecule has 0 aliphatic carbocycles. The first-order chi connectivity index (χ1) is 13.0. The normalized spacial score (nSPS) is 10.6. The van der Waals surface area contributed by atoms with Gasteiger partial charge in [-0.3, -0.25) is 9.59 Å². The van der Waals surface area contributed by atoms with Crippen LogP contribution in [-0.2, 0) is 4.79 Å². The average molecular weight is 388 g/mol. The Morgan fingerprint density at radius 2 is 2.04 bits per heavy atom. The molecule has 2 aromatic carbocycles. The number of benzene rings is 2. The number of carbonyl (C=O) groups is 2. The van der Waals surface area contributed by atoms with Gasteiger partial charge in [0.25, 0.3) is 11.8 Å². The van der Waals surface area contributed by atoms with E-state index in [2.05, 4.69) is 20.6 Å². The smallest absolute Gasteiger partial charge is 0.257 e. The molecule has 0 aliphatic heterocycles. The summed E-state index contributed by atoms with van der Waals surface area (Å²) in [7, 11) is 0. The predicted molar refractivity (Wildman–Crippen MR) is 102 cm³/mol. The van der Waals surface area contributed by atoms with Gasteiger partial charge in [0.1, 0.15) is 11.6 Å². The number of hydrogen-bond donors (Lipinski definition) is 4. The lowest BCUT2D eigenvalue weighted by atomic mass is 10.1. The molecule has 7 nitrogen and oxygen atoms in total. The van der Waals surface area contributed by atoms with Gasteiger partial charge in [0.15, 0.2) is 11.4 Å². The predicted octanol–water partition coefficient (Wildman–Crippen LogP) is 3.13. The molecule has 0 fully saturated rings. The highest BCUT2D eigenvalue weighted by Crippen LogP contribution is 2.21. The van der Waals surface area contributed by atoms with E-state index in [0.717, 1.165) is 6.07 Å². The Morgan fingerprint density at radius 1 is 1.22 bits per heavy atom. The second-order valence-electron chi connectivity index (χ2n) is 5.68. The van der Waals surface area contributed by atoms with Crippen LogP contribution in [0.2, 0.25) is 0 Å². The van der Waals surface area contributed by atoms with Crippen molar-refractivity contribution in [2.24, 2.45) is 0 Å². The highest BCUT2D eigenvalue weighted by atomic mass is 32.1.